The van der Waals surface area contributed by atoms with Gasteiger partial charge in [-0.15, -0.1) is 0 Å². The van der Waals surface area contributed by atoms with Crippen molar-refractivity contribution in [3.05, 3.63) is 35.9 Å². The molecule has 1 unspecified atom stereocenters. The summed E-state index contributed by atoms with van der Waals surface area (Å²) in [6.45, 7) is 5.14. The SMILES string of the molecule is CC(NC(=O)CN1C[C@@H](N)[C@H](c2ccccc2)C1)C(=O)N1CCCCC1. The molecule has 2 saturated heterocycles. The molecule has 3 N–H and O–H groups in total. The van der Waals surface area contributed by atoms with Crippen LogP contribution in [0.1, 0.15) is 37.7 Å². The molecule has 2 heterocycles. The van der Waals surface area contributed by atoms with E-state index in [1.807, 2.05) is 23.1 Å². The van der Waals surface area contributed by atoms with Crippen LogP contribution in [0.3, 0.4) is 0 Å². The van der Waals surface area contributed by atoms with E-state index in [2.05, 4.69) is 22.3 Å². The molecule has 2 aliphatic rings. The highest BCUT2D eigenvalue weighted by Crippen LogP contribution is 2.25. The molecule has 142 valence electrons. The second-order valence-electron chi connectivity index (χ2n) is 7.55. The van der Waals surface area contributed by atoms with E-state index in [-0.39, 0.29) is 30.3 Å². The van der Waals surface area contributed by atoms with Crippen LogP contribution in [0, 0.1) is 0 Å². The predicted octanol–water partition coefficient (Wildman–Crippen LogP) is 0.930. The topological polar surface area (TPSA) is 78.7 Å². The van der Waals surface area contributed by atoms with E-state index in [1.54, 1.807) is 6.92 Å². The lowest BCUT2D eigenvalue weighted by Gasteiger charge is -2.29. The Hall–Kier alpha value is -1.92. The lowest BCUT2D eigenvalue weighted by Crippen LogP contribution is -2.50. The van der Waals surface area contributed by atoms with Crippen LogP contribution in [0.25, 0.3) is 0 Å². The van der Waals surface area contributed by atoms with E-state index < -0.39 is 6.04 Å². The Morgan fingerprint density at radius 1 is 1.15 bits per heavy atom. The van der Waals surface area contributed by atoms with Crippen molar-refractivity contribution >= 4 is 11.8 Å². The molecule has 2 fully saturated rings. The summed E-state index contributed by atoms with van der Waals surface area (Å²) in [4.78, 5) is 28.8. The maximum absolute atomic E-state index is 12.4. The number of benzene rings is 1. The fraction of sp³-hybridized carbons (Fsp3) is 0.600. The van der Waals surface area contributed by atoms with Crippen molar-refractivity contribution in [1.29, 1.82) is 0 Å². The fourth-order valence-corrected chi connectivity index (χ4v) is 4.04. The van der Waals surface area contributed by atoms with Gasteiger partial charge in [0.2, 0.25) is 11.8 Å². The molecule has 0 spiro atoms. The van der Waals surface area contributed by atoms with E-state index in [0.717, 1.165) is 32.5 Å². The second-order valence-corrected chi connectivity index (χ2v) is 7.55. The Balaban J connectivity index is 1.48. The summed E-state index contributed by atoms with van der Waals surface area (Å²) < 4.78 is 0. The van der Waals surface area contributed by atoms with Crippen molar-refractivity contribution in [2.75, 3.05) is 32.7 Å². The zero-order chi connectivity index (χ0) is 18.5. The molecule has 0 aliphatic carbocycles. The number of rotatable bonds is 5. The minimum Gasteiger partial charge on any atom is -0.343 e. The third-order valence-corrected chi connectivity index (χ3v) is 5.45. The molecule has 0 aromatic heterocycles. The maximum Gasteiger partial charge on any atom is 0.244 e. The van der Waals surface area contributed by atoms with Crippen LogP contribution in [-0.4, -0.2) is 66.4 Å². The molecular weight excluding hydrogens is 328 g/mol. The molecule has 2 aliphatic heterocycles. The van der Waals surface area contributed by atoms with Gasteiger partial charge in [-0.1, -0.05) is 30.3 Å². The molecule has 6 nitrogen and oxygen atoms in total. The standard InChI is InChI=1S/C20H30N4O2/c1-15(20(26)24-10-6-3-7-11-24)22-19(25)14-23-12-17(18(21)13-23)16-8-4-2-5-9-16/h2,4-5,8-9,15,17-18H,3,6-7,10-14,21H2,1H3,(H,22,25)/t15?,17-,18+/m0/s1. The number of likely N-dealkylation sites (tertiary alicyclic amines) is 2. The van der Waals surface area contributed by atoms with Crippen LogP contribution in [0.5, 0.6) is 0 Å². The summed E-state index contributed by atoms with van der Waals surface area (Å²) in [5.74, 6) is 0.165. The van der Waals surface area contributed by atoms with E-state index in [9.17, 15) is 9.59 Å². The number of carbonyl (C=O) groups is 2. The van der Waals surface area contributed by atoms with Crippen molar-refractivity contribution in [2.24, 2.45) is 5.73 Å². The van der Waals surface area contributed by atoms with Gasteiger partial charge < -0.3 is 16.0 Å². The Labute approximate surface area is 155 Å². The molecule has 0 saturated carbocycles. The van der Waals surface area contributed by atoms with E-state index in [4.69, 9.17) is 5.73 Å². The Morgan fingerprint density at radius 2 is 1.85 bits per heavy atom. The number of carbonyl (C=O) groups excluding carboxylic acids is 2. The number of piperidine rings is 1. The minimum absolute atomic E-state index is 0.0256. The van der Waals surface area contributed by atoms with Crippen LogP contribution < -0.4 is 11.1 Å². The first kappa shape index (κ1) is 18.9. The number of amides is 2. The molecule has 6 heteroatoms. The average molecular weight is 358 g/mol. The summed E-state index contributed by atoms with van der Waals surface area (Å²) in [6, 6.07) is 9.77. The van der Waals surface area contributed by atoms with Gasteiger partial charge in [-0.3, -0.25) is 14.5 Å². The van der Waals surface area contributed by atoms with E-state index >= 15 is 0 Å². The highest BCUT2D eigenvalue weighted by molar-refractivity contribution is 5.88. The van der Waals surface area contributed by atoms with Crippen LogP contribution in [-0.2, 0) is 9.59 Å². The monoisotopic (exact) mass is 358 g/mol. The predicted molar refractivity (Wildman–Crippen MR) is 102 cm³/mol. The molecule has 3 rings (SSSR count). The average Bonchev–Trinajstić information content (AvgIpc) is 3.02. The molecule has 1 aromatic carbocycles. The quantitative estimate of drug-likeness (QED) is 0.821. The Bertz CT molecular complexity index is 615. The number of hydrogen-bond donors (Lipinski definition) is 2. The van der Waals surface area contributed by atoms with Crippen molar-refractivity contribution < 1.29 is 9.59 Å². The fourth-order valence-electron chi connectivity index (χ4n) is 4.04. The summed E-state index contributed by atoms with van der Waals surface area (Å²) >= 11 is 0. The Kier molecular flexibility index (Phi) is 6.27. The van der Waals surface area contributed by atoms with E-state index in [1.165, 1.54) is 12.0 Å². The van der Waals surface area contributed by atoms with Crippen LogP contribution >= 0.6 is 0 Å². The molecular formula is C20H30N4O2. The first-order valence-electron chi connectivity index (χ1n) is 9.65. The van der Waals surface area contributed by atoms with E-state index in [0.29, 0.717) is 6.54 Å². The summed E-state index contributed by atoms with van der Waals surface area (Å²) in [5, 5.41) is 2.86. The molecule has 26 heavy (non-hydrogen) atoms. The number of nitrogens with zero attached hydrogens (tertiary/aromatic N) is 2. The van der Waals surface area contributed by atoms with Crippen molar-refractivity contribution in [1.82, 2.24) is 15.1 Å². The van der Waals surface area contributed by atoms with Gasteiger partial charge >= 0.3 is 0 Å². The molecule has 0 radical (unpaired) electrons. The summed E-state index contributed by atoms with van der Waals surface area (Å²) in [6.07, 6.45) is 3.29. The van der Waals surface area contributed by atoms with Crippen LogP contribution in [0.4, 0.5) is 0 Å². The van der Waals surface area contributed by atoms with Gasteiger partial charge in [0.25, 0.3) is 0 Å². The smallest absolute Gasteiger partial charge is 0.244 e. The normalized spacial score (nSPS) is 25.1. The molecule has 0 bridgehead atoms. The summed E-state index contributed by atoms with van der Waals surface area (Å²) in [7, 11) is 0. The first-order valence-corrected chi connectivity index (χ1v) is 9.65. The second kappa shape index (κ2) is 8.64. The van der Waals surface area contributed by atoms with Gasteiger partial charge in [-0.05, 0) is 31.7 Å². The highest BCUT2D eigenvalue weighted by Gasteiger charge is 2.32. The van der Waals surface area contributed by atoms with Gasteiger partial charge in [-0.25, -0.2) is 0 Å². The number of nitrogens with one attached hydrogen (secondary N) is 1. The zero-order valence-corrected chi connectivity index (χ0v) is 15.6. The van der Waals surface area contributed by atoms with Crippen molar-refractivity contribution in [2.45, 2.75) is 44.2 Å². The van der Waals surface area contributed by atoms with Gasteiger partial charge in [0.1, 0.15) is 6.04 Å². The first-order chi connectivity index (χ1) is 12.5. The minimum atomic E-state index is -0.471. The van der Waals surface area contributed by atoms with Gasteiger partial charge in [0.05, 0.1) is 6.54 Å². The molecule has 3 atom stereocenters. The molecule has 1 aromatic rings. The van der Waals surface area contributed by atoms with Crippen LogP contribution in [0.15, 0.2) is 30.3 Å². The van der Waals surface area contributed by atoms with Gasteiger partial charge in [-0.2, -0.15) is 0 Å². The summed E-state index contributed by atoms with van der Waals surface area (Å²) in [5.41, 5.74) is 7.51. The third-order valence-electron chi connectivity index (χ3n) is 5.45. The number of nitrogens with two attached hydrogens (primary N) is 1. The third kappa shape index (κ3) is 4.62. The number of hydrogen-bond acceptors (Lipinski definition) is 4. The van der Waals surface area contributed by atoms with Crippen molar-refractivity contribution in [3.8, 4) is 0 Å². The lowest BCUT2D eigenvalue weighted by atomic mass is 9.95. The lowest BCUT2D eigenvalue weighted by molar-refractivity contribution is -0.136. The molecule has 2 amide bonds. The van der Waals surface area contributed by atoms with Gasteiger partial charge in [0, 0.05) is 38.1 Å². The Morgan fingerprint density at radius 3 is 2.54 bits per heavy atom. The zero-order valence-electron chi connectivity index (χ0n) is 15.6. The maximum atomic E-state index is 12.4. The van der Waals surface area contributed by atoms with Crippen LogP contribution in [0.2, 0.25) is 0 Å². The highest BCUT2D eigenvalue weighted by atomic mass is 16.2. The van der Waals surface area contributed by atoms with Gasteiger partial charge in [0.15, 0.2) is 0 Å². The van der Waals surface area contributed by atoms with Crippen molar-refractivity contribution in [3.63, 3.8) is 0 Å². The largest absolute Gasteiger partial charge is 0.343 e.